The quantitative estimate of drug-likeness (QED) is 0.355. The van der Waals surface area contributed by atoms with Gasteiger partial charge in [0.1, 0.15) is 0 Å². The van der Waals surface area contributed by atoms with E-state index < -0.39 is 21.6 Å². The monoisotopic (exact) mass is 483 g/mol. The maximum Gasteiger partial charge on any atom is 0.268 e. The van der Waals surface area contributed by atoms with Gasteiger partial charge in [0.25, 0.3) is 10.0 Å². The first kappa shape index (κ1) is 22.0. The molecule has 35 heavy (non-hydrogen) atoms. The van der Waals surface area contributed by atoms with Gasteiger partial charge in [-0.25, -0.2) is 12.4 Å². The van der Waals surface area contributed by atoms with Crippen LogP contribution in [0.4, 0.5) is 0 Å². The summed E-state index contributed by atoms with van der Waals surface area (Å²) in [5.41, 5.74) is 4.11. The molecule has 0 saturated heterocycles. The SMILES string of the molecule is CC1CCCC2C1=CCC1=C2C(=O)C(=O)c2c(-c3ccccc3)cn(S(=O)(=O)c3ccccc3)c21. The average molecular weight is 484 g/mol. The van der Waals surface area contributed by atoms with Crippen LogP contribution in [0, 0.1) is 11.8 Å². The number of carbonyl (C=O) groups is 2. The number of Topliss-reactive ketones (excluding diaryl/α,β-unsaturated/α-hetero) is 2. The number of hydrogen-bond acceptors (Lipinski definition) is 4. The first-order chi connectivity index (χ1) is 16.9. The van der Waals surface area contributed by atoms with Crippen LogP contribution in [0.1, 0.15) is 48.7 Å². The van der Waals surface area contributed by atoms with Crippen molar-refractivity contribution >= 4 is 27.2 Å². The number of rotatable bonds is 3. The van der Waals surface area contributed by atoms with Gasteiger partial charge in [0, 0.05) is 23.3 Å². The Morgan fingerprint density at radius 2 is 1.57 bits per heavy atom. The minimum absolute atomic E-state index is 0.116. The molecule has 5 nitrogen and oxygen atoms in total. The Kier molecular flexibility index (Phi) is 5.04. The van der Waals surface area contributed by atoms with Crippen molar-refractivity contribution in [2.24, 2.45) is 11.8 Å². The number of aromatic nitrogens is 1. The Balaban J connectivity index is 1.66. The van der Waals surface area contributed by atoms with Gasteiger partial charge in [-0.15, -0.1) is 0 Å². The summed E-state index contributed by atoms with van der Waals surface area (Å²) in [4.78, 5) is 27.4. The predicted octanol–water partition coefficient (Wildman–Crippen LogP) is 5.68. The number of nitrogens with zero attached hydrogens (tertiary/aromatic N) is 1. The molecule has 1 aromatic heterocycles. The van der Waals surface area contributed by atoms with Gasteiger partial charge >= 0.3 is 0 Å². The number of allylic oxidation sites excluding steroid dienone is 4. The van der Waals surface area contributed by atoms with Crippen molar-refractivity contribution in [1.82, 2.24) is 3.97 Å². The van der Waals surface area contributed by atoms with Crippen molar-refractivity contribution in [3.05, 3.63) is 95.3 Å². The highest BCUT2D eigenvalue weighted by molar-refractivity contribution is 7.90. The van der Waals surface area contributed by atoms with Gasteiger partial charge in [0.15, 0.2) is 0 Å². The lowest BCUT2D eigenvalue weighted by Crippen LogP contribution is -2.34. The van der Waals surface area contributed by atoms with Crippen molar-refractivity contribution < 1.29 is 18.0 Å². The highest BCUT2D eigenvalue weighted by atomic mass is 32.2. The third-order valence-electron chi connectivity index (χ3n) is 7.64. The van der Waals surface area contributed by atoms with Crippen molar-refractivity contribution in [3.8, 4) is 11.1 Å². The van der Waals surface area contributed by atoms with E-state index in [0.717, 1.165) is 19.3 Å². The second-order valence-corrected chi connectivity index (χ2v) is 11.4. The minimum Gasteiger partial charge on any atom is -0.285 e. The Bertz CT molecular complexity index is 1540. The van der Waals surface area contributed by atoms with E-state index in [9.17, 15) is 18.0 Å². The predicted molar refractivity (Wildman–Crippen MR) is 134 cm³/mol. The summed E-state index contributed by atoms with van der Waals surface area (Å²) in [5.74, 6) is -0.856. The molecule has 1 fully saturated rings. The van der Waals surface area contributed by atoms with Crippen LogP contribution < -0.4 is 0 Å². The van der Waals surface area contributed by atoms with Crippen LogP contribution in [0.2, 0.25) is 0 Å². The van der Waals surface area contributed by atoms with E-state index >= 15 is 0 Å². The van der Waals surface area contributed by atoms with Crippen LogP contribution >= 0.6 is 0 Å². The molecular formula is C29H25NO4S. The number of hydrogen-bond donors (Lipinski definition) is 0. The molecule has 0 spiro atoms. The molecule has 2 aromatic carbocycles. The molecule has 0 bridgehead atoms. The molecule has 2 atom stereocenters. The fraction of sp³-hybridized carbons (Fsp3) is 0.241. The zero-order valence-electron chi connectivity index (χ0n) is 19.4. The number of carbonyl (C=O) groups excluding carboxylic acids is 2. The molecule has 6 rings (SSSR count). The molecule has 3 aliphatic rings. The molecule has 0 N–H and O–H groups in total. The molecule has 3 aromatic rings. The molecule has 176 valence electrons. The Morgan fingerprint density at radius 3 is 2.29 bits per heavy atom. The maximum absolute atomic E-state index is 13.9. The van der Waals surface area contributed by atoms with Gasteiger partial charge in [-0.2, -0.15) is 0 Å². The van der Waals surface area contributed by atoms with E-state index in [1.54, 1.807) is 30.3 Å². The van der Waals surface area contributed by atoms with Crippen LogP contribution in [-0.4, -0.2) is 24.0 Å². The number of benzene rings is 2. The van der Waals surface area contributed by atoms with Crippen LogP contribution in [0.15, 0.2) is 89.0 Å². The van der Waals surface area contributed by atoms with E-state index in [-0.39, 0.29) is 16.4 Å². The van der Waals surface area contributed by atoms with Crippen LogP contribution in [0.3, 0.4) is 0 Å². The van der Waals surface area contributed by atoms with E-state index in [2.05, 4.69) is 13.0 Å². The second kappa shape index (κ2) is 8.02. The third kappa shape index (κ3) is 3.23. The first-order valence-electron chi connectivity index (χ1n) is 12.0. The highest BCUT2D eigenvalue weighted by Crippen LogP contribution is 2.50. The fourth-order valence-corrected chi connectivity index (χ4v) is 7.40. The summed E-state index contributed by atoms with van der Waals surface area (Å²) in [6, 6.07) is 17.4. The third-order valence-corrected chi connectivity index (χ3v) is 9.31. The largest absolute Gasteiger partial charge is 0.285 e. The van der Waals surface area contributed by atoms with Gasteiger partial charge in [-0.05, 0) is 48.4 Å². The van der Waals surface area contributed by atoms with Gasteiger partial charge in [-0.1, -0.05) is 73.5 Å². The Hall–Kier alpha value is -3.51. The van der Waals surface area contributed by atoms with E-state index in [1.807, 2.05) is 30.3 Å². The van der Waals surface area contributed by atoms with Gasteiger partial charge < -0.3 is 0 Å². The average Bonchev–Trinajstić information content (AvgIpc) is 3.30. The van der Waals surface area contributed by atoms with E-state index in [4.69, 9.17) is 0 Å². The molecule has 0 amide bonds. The van der Waals surface area contributed by atoms with Gasteiger partial charge in [-0.3, -0.25) is 9.59 Å². The number of fused-ring (bicyclic) bond motifs is 4. The smallest absolute Gasteiger partial charge is 0.268 e. The molecule has 6 heteroatoms. The second-order valence-electron chi connectivity index (χ2n) is 9.59. The fourth-order valence-electron chi connectivity index (χ4n) is 5.98. The molecule has 1 saturated carbocycles. The van der Waals surface area contributed by atoms with Crippen molar-refractivity contribution in [2.75, 3.05) is 0 Å². The Morgan fingerprint density at radius 1 is 0.886 bits per heavy atom. The summed E-state index contributed by atoms with van der Waals surface area (Å²) in [6.07, 6.45) is 6.98. The van der Waals surface area contributed by atoms with Crippen LogP contribution in [0.25, 0.3) is 16.7 Å². The van der Waals surface area contributed by atoms with Crippen molar-refractivity contribution in [3.63, 3.8) is 0 Å². The standard InChI is InChI=1S/C29H25NO4S/c1-18-9-8-14-22-21(18)15-16-23-25(22)28(31)29(32)26-24(19-10-4-2-5-11-19)17-30(27(23)26)35(33,34)20-12-6-3-7-13-20/h2-7,10-13,15,17-18,22H,8-9,14,16H2,1H3. The molecular weight excluding hydrogens is 458 g/mol. The lowest BCUT2D eigenvalue weighted by atomic mass is 9.66. The minimum atomic E-state index is -4.00. The summed E-state index contributed by atoms with van der Waals surface area (Å²) >= 11 is 0. The molecule has 2 unspecified atom stereocenters. The van der Waals surface area contributed by atoms with Gasteiger partial charge in [0.2, 0.25) is 11.6 Å². The highest BCUT2D eigenvalue weighted by Gasteiger charge is 2.45. The first-order valence-corrected chi connectivity index (χ1v) is 13.5. The normalized spacial score (nSPS) is 21.8. The lowest BCUT2D eigenvalue weighted by molar-refractivity contribution is -0.112. The molecule has 3 aliphatic carbocycles. The van der Waals surface area contributed by atoms with Crippen LogP contribution in [0.5, 0.6) is 0 Å². The van der Waals surface area contributed by atoms with Gasteiger partial charge in [0.05, 0.1) is 16.2 Å². The molecule has 0 radical (unpaired) electrons. The van der Waals surface area contributed by atoms with Crippen LogP contribution in [-0.2, 0) is 14.8 Å². The summed E-state index contributed by atoms with van der Waals surface area (Å²) in [7, 11) is -4.00. The Labute approximate surface area is 204 Å². The van der Waals surface area contributed by atoms with E-state index in [1.165, 1.54) is 15.7 Å². The maximum atomic E-state index is 13.9. The summed E-state index contributed by atoms with van der Waals surface area (Å²) < 4.78 is 29.0. The van der Waals surface area contributed by atoms with Crippen molar-refractivity contribution in [1.29, 1.82) is 0 Å². The zero-order chi connectivity index (χ0) is 24.3. The molecule has 1 heterocycles. The van der Waals surface area contributed by atoms with Crippen molar-refractivity contribution in [2.45, 2.75) is 37.5 Å². The number of ketones is 2. The summed E-state index contributed by atoms with van der Waals surface area (Å²) in [5, 5.41) is 0. The topological polar surface area (TPSA) is 73.2 Å². The zero-order valence-corrected chi connectivity index (χ0v) is 20.2. The van der Waals surface area contributed by atoms with E-state index in [0.29, 0.717) is 40.3 Å². The lowest BCUT2D eigenvalue weighted by Gasteiger charge is -2.37. The summed E-state index contributed by atoms with van der Waals surface area (Å²) in [6.45, 7) is 2.17. The molecule has 0 aliphatic heterocycles.